The highest BCUT2D eigenvalue weighted by Crippen LogP contribution is 2.27. The number of rotatable bonds is 7. The van der Waals surface area contributed by atoms with Gasteiger partial charge in [0.2, 0.25) is 0 Å². The molecule has 0 aromatic carbocycles. The van der Waals surface area contributed by atoms with Gasteiger partial charge in [0.15, 0.2) is 5.13 Å². The molecule has 2 rings (SSSR count). The van der Waals surface area contributed by atoms with Crippen molar-refractivity contribution >= 4 is 16.5 Å². The normalized spacial score (nSPS) is 10.5. The molecule has 5 heteroatoms. The van der Waals surface area contributed by atoms with Crippen molar-refractivity contribution in [3.63, 3.8) is 0 Å². The molecule has 0 aliphatic rings. The fourth-order valence-electron chi connectivity index (χ4n) is 1.59. The van der Waals surface area contributed by atoms with Gasteiger partial charge in [0, 0.05) is 24.5 Å². The molecule has 18 heavy (non-hydrogen) atoms. The van der Waals surface area contributed by atoms with E-state index in [0.717, 1.165) is 47.9 Å². The van der Waals surface area contributed by atoms with E-state index in [4.69, 9.17) is 5.73 Å². The first kappa shape index (κ1) is 13.0. The van der Waals surface area contributed by atoms with Crippen LogP contribution in [0.25, 0.3) is 10.4 Å². The number of anilines is 1. The average Bonchev–Trinajstić information content (AvgIpc) is 2.88. The Morgan fingerprint density at radius 1 is 1.33 bits per heavy atom. The number of nitrogens with two attached hydrogens (primary N) is 1. The van der Waals surface area contributed by atoms with Crippen LogP contribution in [-0.2, 0) is 0 Å². The fraction of sp³-hybridized carbons (Fsp3) is 0.385. The molecule has 0 atom stereocenters. The number of nitrogens with zero attached hydrogens (tertiary/aromatic N) is 2. The Morgan fingerprint density at radius 2 is 2.28 bits per heavy atom. The van der Waals surface area contributed by atoms with Crippen LogP contribution in [0.4, 0.5) is 5.13 Å². The van der Waals surface area contributed by atoms with E-state index in [1.807, 2.05) is 18.3 Å². The van der Waals surface area contributed by atoms with E-state index in [1.54, 1.807) is 17.5 Å². The largest absolute Gasteiger partial charge is 0.362 e. The zero-order valence-corrected chi connectivity index (χ0v) is 11.0. The smallest absolute Gasteiger partial charge is 0.183 e. The molecule has 4 nitrogen and oxygen atoms in total. The second-order valence-electron chi connectivity index (χ2n) is 3.97. The molecule has 0 amide bonds. The van der Waals surface area contributed by atoms with Gasteiger partial charge in [0.25, 0.3) is 0 Å². The number of unbranched alkanes of at least 4 members (excludes halogenated alkanes) is 2. The summed E-state index contributed by atoms with van der Waals surface area (Å²) in [6.45, 7) is 1.72. The minimum absolute atomic E-state index is 0.776. The van der Waals surface area contributed by atoms with Crippen molar-refractivity contribution in [2.24, 2.45) is 5.73 Å². The first-order chi connectivity index (χ1) is 8.90. The van der Waals surface area contributed by atoms with Gasteiger partial charge in [-0.15, -0.1) is 0 Å². The molecule has 1 radical (unpaired) electrons. The lowest BCUT2D eigenvalue weighted by molar-refractivity contribution is 0.707. The Hall–Kier alpha value is -1.46. The highest BCUT2D eigenvalue weighted by atomic mass is 32.1. The number of nitrogens with one attached hydrogen (secondary N) is 1. The molecule has 0 fully saturated rings. The first-order valence-corrected chi connectivity index (χ1v) is 6.94. The van der Waals surface area contributed by atoms with E-state index in [9.17, 15) is 0 Å². The molecule has 3 N–H and O–H groups in total. The fourth-order valence-corrected chi connectivity index (χ4v) is 2.40. The maximum atomic E-state index is 5.45. The van der Waals surface area contributed by atoms with E-state index in [2.05, 4.69) is 21.5 Å². The van der Waals surface area contributed by atoms with Crippen molar-refractivity contribution in [2.75, 3.05) is 18.4 Å². The minimum atomic E-state index is 0.776. The highest BCUT2D eigenvalue weighted by molar-refractivity contribution is 7.18. The van der Waals surface area contributed by atoms with Gasteiger partial charge in [-0.2, -0.15) is 0 Å². The van der Waals surface area contributed by atoms with Crippen LogP contribution in [0.3, 0.4) is 0 Å². The third kappa shape index (κ3) is 3.78. The summed E-state index contributed by atoms with van der Waals surface area (Å²) in [6.07, 6.45) is 9.93. The number of thiazole rings is 1. The quantitative estimate of drug-likeness (QED) is 0.752. The number of hydrogen-bond acceptors (Lipinski definition) is 5. The molecular weight excluding hydrogens is 244 g/mol. The maximum absolute atomic E-state index is 5.45. The van der Waals surface area contributed by atoms with Crippen molar-refractivity contribution in [3.8, 4) is 10.4 Å². The number of hydrogen-bond donors (Lipinski definition) is 2. The standard InChI is InChI=1S/C13H17N4S/c14-6-2-1-3-8-16-13-17-10-12(18-13)11-5-4-7-15-9-11/h4-5,7,10H,1-3,6,8,14H2,(H,16,17). The summed E-state index contributed by atoms with van der Waals surface area (Å²) in [4.78, 5) is 9.42. The zero-order valence-electron chi connectivity index (χ0n) is 10.2. The molecule has 0 unspecified atom stereocenters. The second kappa shape index (κ2) is 7.08. The van der Waals surface area contributed by atoms with Gasteiger partial charge in [-0.05, 0) is 31.5 Å². The third-order valence-corrected chi connectivity index (χ3v) is 3.53. The van der Waals surface area contributed by atoms with Crippen LogP contribution in [0.1, 0.15) is 19.3 Å². The molecule has 0 aliphatic carbocycles. The van der Waals surface area contributed by atoms with Gasteiger partial charge in [-0.25, -0.2) is 4.98 Å². The topological polar surface area (TPSA) is 63.8 Å². The average molecular weight is 261 g/mol. The summed E-state index contributed by atoms with van der Waals surface area (Å²) in [5.74, 6) is 0. The van der Waals surface area contributed by atoms with Crippen molar-refractivity contribution in [1.82, 2.24) is 9.97 Å². The van der Waals surface area contributed by atoms with Gasteiger partial charge in [0.05, 0.1) is 11.1 Å². The zero-order chi connectivity index (χ0) is 12.6. The summed E-state index contributed by atoms with van der Waals surface area (Å²) in [5.41, 5.74) is 6.44. The molecule has 0 spiro atoms. The second-order valence-corrected chi connectivity index (χ2v) is 5.00. The van der Waals surface area contributed by atoms with Crippen molar-refractivity contribution in [2.45, 2.75) is 19.3 Å². The van der Waals surface area contributed by atoms with Crippen LogP contribution < -0.4 is 11.1 Å². The summed E-state index contributed by atoms with van der Waals surface area (Å²) < 4.78 is 0. The van der Waals surface area contributed by atoms with E-state index >= 15 is 0 Å². The summed E-state index contributed by atoms with van der Waals surface area (Å²) in [7, 11) is 0. The Kier molecular flexibility index (Phi) is 5.11. The monoisotopic (exact) mass is 261 g/mol. The minimum Gasteiger partial charge on any atom is -0.362 e. The SMILES string of the molecule is NCCCCCNc1ncc(-c2[c]nccc2)s1. The van der Waals surface area contributed by atoms with Crippen LogP contribution in [0.2, 0.25) is 0 Å². The maximum Gasteiger partial charge on any atom is 0.183 e. The molecular formula is C13H17N4S. The van der Waals surface area contributed by atoms with E-state index in [1.165, 1.54) is 0 Å². The third-order valence-electron chi connectivity index (χ3n) is 2.54. The molecule has 0 saturated carbocycles. The van der Waals surface area contributed by atoms with Gasteiger partial charge in [-0.1, -0.05) is 17.8 Å². The van der Waals surface area contributed by atoms with Crippen LogP contribution in [0.15, 0.2) is 24.5 Å². The van der Waals surface area contributed by atoms with Crippen LogP contribution in [0, 0.1) is 6.20 Å². The molecule has 2 aromatic rings. The lowest BCUT2D eigenvalue weighted by Gasteiger charge is -2.01. The van der Waals surface area contributed by atoms with Crippen LogP contribution in [-0.4, -0.2) is 23.1 Å². The van der Waals surface area contributed by atoms with Crippen molar-refractivity contribution in [3.05, 3.63) is 30.7 Å². The Bertz CT molecular complexity index is 455. The molecule has 95 valence electrons. The van der Waals surface area contributed by atoms with E-state index in [0.29, 0.717) is 0 Å². The number of pyridine rings is 1. The predicted molar refractivity (Wildman–Crippen MR) is 75.6 cm³/mol. The van der Waals surface area contributed by atoms with Crippen molar-refractivity contribution in [1.29, 1.82) is 0 Å². The van der Waals surface area contributed by atoms with Crippen LogP contribution >= 0.6 is 11.3 Å². The molecule has 0 saturated heterocycles. The summed E-state index contributed by atoms with van der Waals surface area (Å²) >= 11 is 1.63. The van der Waals surface area contributed by atoms with E-state index in [-0.39, 0.29) is 0 Å². The van der Waals surface area contributed by atoms with Crippen molar-refractivity contribution < 1.29 is 0 Å². The lowest BCUT2D eigenvalue weighted by Crippen LogP contribution is -2.03. The van der Waals surface area contributed by atoms with E-state index < -0.39 is 0 Å². The van der Waals surface area contributed by atoms with Gasteiger partial charge in [0.1, 0.15) is 0 Å². The van der Waals surface area contributed by atoms with Gasteiger partial charge < -0.3 is 11.1 Å². The van der Waals surface area contributed by atoms with Crippen LogP contribution in [0.5, 0.6) is 0 Å². The Morgan fingerprint density at radius 3 is 3.06 bits per heavy atom. The molecule has 2 aromatic heterocycles. The Balaban J connectivity index is 1.83. The number of aromatic nitrogens is 2. The predicted octanol–water partition coefficient (Wildman–Crippen LogP) is 2.55. The van der Waals surface area contributed by atoms with Gasteiger partial charge >= 0.3 is 0 Å². The first-order valence-electron chi connectivity index (χ1n) is 6.13. The molecule has 0 bridgehead atoms. The highest BCUT2D eigenvalue weighted by Gasteiger charge is 2.03. The summed E-state index contributed by atoms with van der Waals surface area (Å²) in [5, 5.41) is 4.28. The Labute approximate surface area is 111 Å². The summed E-state index contributed by atoms with van der Waals surface area (Å²) in [6, 6.07) is 3.90. The lowest BCUT2D eigenvalue weighted by atomic mass is 10.2. The molecule has 2 heterocycles. The van der Waals surface area contributed by atoms with Gasteiger partial charge in [-0.3, -0.25) is 4.98 Å². The molecule has 0 aliphatic heterocycles.